The molecular formula is C24H27N3O2. The maximum absolute atomic E-state index is 12.7. The van der Waals surface area contributed by atoms with Gasteiger partial charge in [-0.1, -0.05) is 36.4 Å². The molecule has 4 rings (SSSR count). The first kappa shape index (κ1) is 19.4. The summed E-state index contributed by atoms with van der Waals surface area (Å²) in [7, 11) is 3.58. The van der Waals surface area contributed by atoms with Crippen molar-refractivity contribution in [2.75, 3.05) is 20.2 Å². The highest BCUT2D eigenvalue weighted by atomic mass is 16.5. The van der Waals surface area contributed by atoms with Gasteiger partial charge in [-0.15, -0.1) is 0 Å². The zero-order valence-electron chi connectivity index (χ0n) is 17.0. The van der Waals surface area contributed by atoms with E-state index in [1.165, 1.54) is 5.56 Å². The lowest BCUT2D eigenvalue weighted by atomic mass is 9.95. The third-order valence-electron chi connectivity index (χ3n) is 5.68. The summed E-state index contributed by atoms with van der Waals surface area (Å²) in [5, 5.41) is 5.34. The summed E-state index contributed by atoms with van der Waals surface area (Å²) in [6.07, 6.45) is 5.93. The van der Waals surface area contributed by atoms with Crippen LogP contribution in [0.25, 0.3) is 10.9 Å². The summed E-state index contributed by atoms with van der Waals surface area (Å²) in [6, 6.07) is 16.1. The van der Waals surface area contributed by atoms with E-state index in [1.54, 1.807) is 17.9 Å². The SMILES string of the molecule is COc1cccc(CN2CCC(/C=C/C(=O)c3nn(C)c4ccccc34)CC2)c1. The van der Waals surface area contributed by atoms with E-state index in [9.17, 15) is 4.79 Å². The molecule has 0 N–H and O–H groups in total. The largest absolute Gasteiger partial charge is 0.497 e. The van der Waals surface area contributed by atoms with E-state index < -0.39 is 0 Å². The molecule has 0 amide bonds. The highest BCUT2D eigenvalue weighted by molar-refractivity contribution is 6.11. The number of allylic oxidation sites excluding steroid dienone is 2. The van der Waals surface area contributed by atoms with Gasteiger partial charge in [-0.2, -0.15) is 5.10 Å². The molecule has 29 heavy (non-hydrogen) atoms. The zero-order chi connectivity index (χ0) is 20.2. The number of carbonyl (C=O) groups is 1. The van der Waals surface area contributed by atoms with Crippen LogP contribution in [0.5, 0.6) is 5.75 Å². The van der Waals surface area contributed by atoms with Crippen LogP contribution in [-0.2, 0) is 13.6 Å². The van der Waals surface area contributed by atoms with E-state index in [0.717, 1.165) is 49.1 Å². The second-order valence-electron chi connectivity index (χ2n) is 7.68. The normalized spacial score (nSPS) is 15.9. The third-order valence-corrected chi connectivity index (χ3v) is 5.68. The highest BCUT2D eigenvalue weighted by Gasteiger charge is 2.19. The molecule has 1 aliphatic heterocycles. The van der Waals surface area contributed by atoms with Crippen LogP contribution in [0, 0.1) is 5.92 Å². The van der Waals surface area contributed by atoms with Crippen molar-refractivity contribution in [2.45, 2.75) is 19.4 Å². The molecular weight excluding hydrogens is 362 g/mol. The molecule has 2 aromatic carbocycles. The smallest absolute Gasteiger partial charge is 0.206 e. The summed E-state index contributed by atoms with van der Waals surface area (Å²) < 4.78 is 7.09. The van der Waals surface area contributed by atoms with Gasteiger partial charge in [0.25, 0.3) is 0 Å². The number of carbonyl (C=O) groups excluding carboxylic acids is 1. The zero-order valence-corrected chi connectivity index (χ0v) is 17.0. The van der Waals surface area contributed by atoms with Crippen molar-refractivity contribution in [3.05, 3.63) is 71.9 Å². The highest BCUT2D eigenvalue weighted by Crippen LogP contribution is 2.23. The predicted octanol–water partition coefficient (Wildman–Crippen LogP) is 4.23. The fraction of sp³-hybridized carbons (Fsp3) is 0.333. The quantitative estimate of drug-likeness (QED) is 0.467. The fourth-order valence-corrected chi connectivity index (χ4v) is 4.03. The monoisotopic (exact) mass is 389 g/mol. The van der Waals surface area contributed by atoms with Gasteiger partial charge >= 0.3 is 0 Å². The fourth-order valence-electron chi connectivity index (χ4n) is 4.03. The standard InChI is InChI=1S/C24H27N3O2/c1-26-22-9-4-3-8-21(22)24(25-26)23(28)11-10-18-12-14-27(15-13-18)17-19-6-5-7-20(16-19)29-2/h3-11,16,18H,12-15,17H2,1-2H3/b11-10+. The van der Waals surface area contributed by atoms with Gasteiger partial charge in [0.1, 0.15) is 11.4 Å². The number of hydrogen-bond acceptors (Lipinski definition) is 4. The second-order valence-corrected chi connectivity index (χ2v) is 7.68. The van der Waals surface area contributed by atoms with Crippen molar-refractivity contribution < 1.29 is 9.53 Å². The molecule has 5 nitrogen and oxygen atoms in total. The average molecular weight is 389 g/mol. The summed E-state index contributed by atoms with van der Waals surface area (Å²) in [5.74, 6) is 1.33. The summed E-state index contributed by atoms with van der Waals surface area (Å²) in [6.45, 7) is 3.01. The van der Waals surface area contributed by atoms with Crippen molar-refractivity contribution in [1.29, 1.82) is 0 Å². The maximum atomic E-state index is 12.7. The number of methoxy groups -OCH3 is 1. The van der Waals surface area contributed by atoms with Crippen molar-refractivity contribution >= 4 is 16.7 Å². The van der Waals surface area contributed by atoms with Crippen LogP contribution in [-0.4, -0.2) is 40.7 Å². The first-order valence-corrected chi connectivity index (χ1v) is 10.1. The molecule has 1 aromatic heterocycles. The molecule has 0 saturated carbocycles. The Balaban J connectivity index is 1.34. The third kappa shape index (κ3) is 4.40. The first-order valence-electron chi connectivity index (χ1n) is 10.1. The number of likely N-dealkylation sites (tertiary alicyclic amines) is 1. The lowest BCUT2D eigenvalue weighted by Gasteiger charge is -2.30. The maximum Gasteiger partial charge on any atom is 0.206 e. The van der Waals surface area contributed by atoms with Crippen LogP contribution in [0.4, 0.5) is 0 Å². The Morgan fingerprint density at radius 2 is 1.97 bits per heavy atom. The van der Waals surface area contributed by atoms with Gasteiger partial charge in [-0.05, 0) is 61.7 Å². The van der Waals surface area contributed by atoms with Crippen molar-refractivity contribution in [3.63, 3.8) is 0 Å². The van der Waals surface area contributed by atoms with E-state index in [-0.39, 0.29) is 5.78 Å². The molecule has 1 aliphatic rings. The number of para-hydroxylation sites is 1. The van der Waals surface area contributed by atoms with Gasteiger partial charge in [0.05, 0.1) is 12.6 Å². The molecule has 0 radical (unpaired) electrons. The molecule has 1 fully saturated rings. The summed E-state index contributed by atoms with van der Waals surface area (Å²) in [5.41, 5.74) is 2.79. The van der Waals surface area contributed by atoms with Crippen LogP contribution >= 0.6 is 0 Å². The van der Waals surface area contributed by atoms with Gasteiger partial charge in [-0.25, -0.2) is 0 Å². The van der Waals surface area contributed by atoms with Gasteiger partial charge in [0.2, 0.25) is 5.78 Å². The molecule has 150 valence electrons. The molecule has 3 aromatic rings. The Kier molecular flexibility index (Phi) is 5.76. The summed E-state index contributed by atoms with van der Waals surface area (Å²) >= 11 is 0. The molecule has 0 unspecified atom stereocenters. The Morgan fingerprint density at radius 3 is 2.76 bits per heavy atom. The molecule has 5 heteroatoms. The summed E-state index contributed by atoms with van der Waals surface area (Å²) in [4.78, 5) is 15.2. The number of benzene rings is 2. The van der Waals surface area contributed by atoms with Crippen molar-refractivity contribution in [3.8, 4) is 5.75 Å². The molecule has 2 heterocycles. The number of aryl methyl sites for hydroxylation is 1. The van der Waals surface area contributed by atoms with Gasteiger partial charge < -0.3 is 4.74 Å². The first-order chi connectivity index (χ1) is 14.1. The topological polar surface area (TPSA) is 47.4 Å². The molecule has 0 atom stereocenters. The predicted molar refractivity (Wildman–Crippen MR) is 115 cm³/mol. The average Bonchev–Trinajstić information content (AvgIpc) is 3.10. The lowest BCUT2D eigenvalue weighted by Crippen LogP contribution is -2.32. The number of ether oxygens (including phenoxy) is 1. The number of piperidine rings is 1. The number of rotatable bonds is 6. The van der Waals surface area contributed by atoms with Gasteiger partial charge in [0, 0.05) is 19.0 Å². The van der Waals surface area contributed by atoms with Crippen molar-refractivity contribution in [2.24, 2.45) is 13.0 Å². The van der Waals surface area contributed by atoms with Crippen LogP contribution in [0.15, 0.2) is 60.7 Å². The van der Waals surface area contributed by atoms with Crippen molar-refractivity contribution in [1.82, 2.24) is 14.7 Å². The van der Waals surface area contributed by atoms with E-state index >= 15 is 0 Å². The number of ketones is 1. The Bertz CT molecular complexity index is 1030. The van der Waals surface area contributed by atoms with Gasteiger partial charge in [-0.3, -0.25) is 14.4 Å². The number of hydrogen-bond donors (Lipinski definition) is 0. The minimum atomic E-state index is -0.0133. The van der Waals surface area contributed by atoms with E-state index in [4.69, 9.17) is 4.74 Å². The number of fused-ring (bicyclic) bond motifs is 1. The minimum absolute atomic E-state index is 0.0133. The molecule has 0 aliphatic carbocycles. The molecule has 1 saturated heterocycles. The molecule has 0 bridgehead atoms. The van der Waals surface area contributed by atoms with E-state index in [1.807, 2.05) is 43.4 Å². The Morgan fingerprint density at radius 1 is 1.17 bits per heavy atom. The van der Waals surface area contributed by atoms with Crippen LogP contribution in [0.1, 0.15) is 28.9 Å². The van der Waals surface area contributed by atoms with Crippen LogP contribution < -0.4 is 4.74 Å². The Labute approximate surface area is 171 Å². The van der Waals surface area contributed by atoms with E-state index in [2.05, 4.69) is 28.2 Å². The number of nitrogens with zero attached hydrogens (tertiary/aromatic N) is 3. The van der Waals surface area contributed by atoms with Gasteiger partial charge in [0.15, 0.2) is 0 Å². The van der Waals surface area contributed by atoms with Crippen LogP contribution in [0.2, 0.25) is 0 Å². The second kappa shape index (κ2) is 8.62. The molecule has 0 spiro atoms. The Hall–Kier alpha value is -2.92. The minimum Gasteiger partial charge on any atom is -0.497 e. The van der Waals surface area contributed by atoms with Crippen LogP contribution in [0.3, 0.4) is 0 Å². The number of aromatic nitrogens is 2. The lowest BCUT2D eigenvalue weighted by molar-refractivity contribution is 0.104. The van der Waals surface area contributed by atoms with E-state index in [0.29, 0.717) is 11.6 Å².